The van der Waals surface area contributed by atoms with Crippen molar-refractivity contribution in [3.63, 3.8) is 0 Å². The molecule has 3 nitrogen and oxygen atoms in total. The zero-order valence-corrected chi connectivity index (χ0v) is 8.88. The van der Waals surface area contributed by atoms with Crippen LogP contribution in [0.25, 0.3) is 0 Å². The summed E-state index contributed by atoms with van der Waals surface area (Å²) in [5.41, 5.74) is 0. The predicted molar refractivity (Wildman–Crippen MR) is 55.9 cm³/mol. The molecule has 3 heteroatoms. The third-order valence-corrected chi connectivity index (χ3v) is 3.71. The van der Waals surface area contributed by atoms with Crippen LogP contribution in [0, 0.1) is 17.8 Å². The van der Waals surface area contributed by atoms with Crippen molar-refractivity contribution in [2.45, 2.75) is 26.2 Å². The maximum absolute atomic E-state index is 11.8. The molecule has 2 rings (SSSR count). The average Bonchev–Trinajstić information content (AvgIpc) is 2.19. The largest absolute Gasteiger partial charge is 0.356 e. The Bertz CT molecular complexity index is 211. The summed E-state index contributed by atoms with van der Waals surface area (Å²) in [6, 6.07) is 0. The van der Waals surface area contributed by atoms with Crippen LogP contribution in [0.5, 0.6) is 0 Å². The highest BCUT2D eigenvalue weighted by atomic mass is 16.2. The Morgan fingerprint density at radius 2 is 1.86 bits per heavy atom. The maximum atomic E-state index is 11.8. The van der Waals surface area contributed by atoms with E-state index in [-0.39, 0.29) is 5.92 Å². The Hall–Kier alpha value is -0.570. The van der Waals surface area contributed by atoms with Crippen molar-refractivity contribution in [1.82, 2.24) is 10.6 Å². The van der Waals surface area contributed by atoms with Crippen molar-refractivity contribution in [2.24, 2.45) is 17.8 Å². The summed E-state index contributed by atoms with van der Waals surface area (Å²) in [6.07, 6.45) is 3.49. The molecule has 2 aliphatic heterocycles. The summed E-state index contributed by atoms with van der Waals surface area (Å²) >= 11 is 0. The van der Waals surface area contributed by atoms with E-state index in [1.54, 1.807) is 0 Å². The van der Waals surface area contributed by atoms with Crippen molar-refractivity contribution in [3.05, 3.63) is 0 Å². The van der Waals surface area contributed by atoms with E-state index in [1.165, 1.54) is 12.8 Å². The van der Waals surface area contributed by atoms with Gasteiger partial charge in [0.1, 0.15) is 0 Å². The standard InChI is InChI=1S/C11H20N2O/c1-8-2-7-13-11(14)10(8)9-3-5-12-6-4-9/h8-10,12H,2-7H2,1H3,(H,13,14). The fourth-order valence-corrected chi connectivity index (χ4v) is 2.86. The molecule has 0 aromatic heterocycles. The minimum Gasteiger partial charge on any atom is -0.356 e. The van der Waals surface area contributed by atoms with Gasteiger partial charge in [-0.05, 0) is 44.2 Å². The van der Waals surface area contributed by atoms with Gasteiger partial charge in [0, 0.05) is 12.5 Å². The van der Waals surface area contributed by atoms with Crippen molar-refractivity contribution < 1.29 is 4.79 Å². The van der Waals surface area contributed by atoms with Crippen LogP contribution < -0.4 is 10.6 Å². The lowest BCUT2D eigenvalue weighted by Gasteiger charge is -2.36. The monoisotopic (exact) mass is 196 g/mol. The topological polar surface area (TPSA) is 41.1 Å². The Morgan fingerprint density at radius 1 is 1.14 bits per heavy atom. The molecule has 2 fully saturated rings. The second-order valence-electron chi connectivity index (χ2n) is 4.67. The van der Waals surface area contributed by atoms with E-state index >= 15 is 0 Å². The lowest BCUT2D eigenvalue weighted by atomic mass is 9.74. The highest BCUT2D eigenvalue weighted by molar-refractivity contribution is 5.80. The van der Waals surface area contributed by atoms with Crippen LogP contribution in [0.2, 0.25) is 0 Å². The predicted octanol–water partition coefficient (Wildman–Crippen LogP) is 0.758. The van der Waals surface area contributed by atoms with Gasteiger partial charge in [-0.25, -0.2) is 0 Å². The van der Waals surface area contributed by atoms with Crippen molar-refractivity contribution in [1.29, 1.82) is 0 Å². The molecule has 14 heavy (non-hydrogen) atoms. The van der Waals surface area contributed by atoms with Gasteiger partial charge >= 0.3 is 0 Å². The first-order chi connectivity index (χ1) is 6.79. The van der Waals surface area contributed by atoms with Gasteiger partial charge in [-0.15, -0.1) is 0 Å². The molecule has 0 aromatic rings. The van der Waals surface area contributed by atoms with Crippen molar-refractivity contribution in [3.8, 4) is 0 Å². The highest BCUT2D eigenvalue weighted by Crippen LogP contribution is 2.31. The van der Waals surface area contributed by atoms with Crippen LogP contribution in [0.1, 0.15) is 26.2 Å². The Morgan fingerprint density at radius 3 is 2.50 bits per heavy atom. The summed E-state index contributed by atoms with van der Waals surface area (Å²) in [7, 11) is 0. The second kappa shape index (κ2) is 4.30. The number of hydrogen-bond acceptors (Lipinski definition) is 2. The SMILES string of the molecule is CC1CCNC(=O)C1C1CCNCC1. The van der Waals surface area contributed by atoms with Gasteiger partial charge in [-0.3, -0.25) is 4.79 Å². The van der Waals surface area contributed by atoms with Gasteiger partial charge in [0.15, 0.2) is 0 Å². The van der Waals surface area contributed by atoms with Gasteiger partial charge in [0.25, 0.3) is 0 Å². The molecule has 1 amide bonds. The van der Waals surface area contributed by atoms with Crippen molar-refractivity contribution >= 4 is 5.91 Å². The molecule has 2 unspecified atom stereocenters. The highest BCUT2D eigenvalue weighted by Gasteiger charge is 2.35. The van der Waals surface area contributed by atoms with Crippen LogP contribution in [-0.4, -0.2) is 25.5 Å². The molecule has 2 N–H and O–H groups in total. The van der Waals surface area contributed by atoms with Crippen LogP contribution >= 0.6 is 0 Å². The molecule has 0 saturated carbocycles. The minimum absolute atomic E-state index is 0.283. The molecule has 0 radical (unpaired) electrons. The molecule has 80 valence electrons. The molecule has 2 aliphatic rings. The van der Waals surface area contributed by atoms with E-state index in [1.807, 2.05) is 0 Å². The Labute approximate surface area is 85.6 Å². The first-order valence-electron chi connectivity index (χ1n) is 5.77. The third-order valence-electron chi connectivity index (χ3n) is 3.71. The summed E-state index contributed by atoms with van der Waals surface area (Å²) < 4.78 is 0. The minimum atomic E-state index is 0.283. The number of nitrogens with one attached hydrogen (secondary N) is 2. The normalized spacial score (nSPS) is 35.4. The van der Waals surface area contributed by atoms with Crippen LogP contribution in [0.3, 0.4) is 0 Å². The maximum Gasteiger partial charge on any atom is 0.223 e. The summed E-state index contributed by atoms with van der Waals surface area (Å²) in [6.45, 7) is 5.27. The smallest absolute Gasteiger partial charge is 0.223 e. The molecule has 0 aromatic carbocycles. The second-order valence-corrected chi connectivity index (χ2v) is 4.67. The number of carbonyl (C=O) groups excluding carboxylic acids is 1. The van der Waals surface area contributed by atoms with Crippen LogP contribution in [0.4, 0.5) is 0 Å². The van der Waals surface area contributed by atoms with E-state index in [9.17, 15) is 4.79 Å². The first-order valence-corrected chi connectivity index (χ1v) is 5.77. The van der Waals surface area contributed by atoms with Crippen LogP contribution in [-0.2, 0) is 4.79 Å². The third kappa shape index (κ3) is 1.92. The molecular formula is C11H20N2O. The molecule has 0 spiro atoms. The van der Waals surface area contributed by atoms with Crippen molar-refractivity contribution in [2.75, 3.05) is 19.6 Å². The van der Waals surface area contributed by atoms with E-state index in [0.29, 0.717) is 17.7 Å². The lowest BCUT2D eigenvalue weighted by Crippen LogP contribution is -2.47. The fourth-order valence-electron chi connectivity index (χ4n) is 2.86. The number of rotatable bonds is 1. The van der Waals surface area contributed by atoms with Gasteiger partial charge in [-0.1, -0.05) is 6.92 Å². The Kier molecular flexibility index (Phi) is 3.06. The van der Waals surface area contributed by atoms with E-state index in [0.717, 1.165) is 26.1 Å². The summed E-state index contributed by atoms with van der Waals surface area (Å²) in [4.78, 5) is 11.8. The number of hydrogen-bond donors (Lipinski definition) is 2. The van der Waals surface area contributed by atoms with Gasteiger partial charge in [0.05, 0.1) is 0 Å². The summed E-state index contributed by atoms with van der Waals surface area (Å²) in [5, 5.41) is 6.35. The molecule has 0 aliphatic carbocycles. The molecule has 0 bridgehead atoms. The Balaban J connectivity index is 2.01. The number of amides is 1. The van der Waals surface area contributed by atoms with Gasteiger partial charge in [0.2, 0.25) is 5.91 Å². The van der Waals surface area contributed by atoms with Gasteiger partial charge < -0.3 is 10.6 Å². The molecule has 2 heterocycles. The molecule has 2 saturated heterocycles. The molecular weight excluding hydrogens is 176 g/mol. The molecule has 2 atom stereocenters. The van der Waals surface area contributed by atoms with E-state index in [4.69, 9.17) is 0 Å². The zero-order valence-electron chi connectivity index (χ0n) is 8.88. The van der Waals surface area contributed by atoms with Gasteiger partial charge in [-0.2, -0.15) is 0 Å². The zero-order chi connectivity index (χ0) is 9.97. The lowest BCUT2D eigenvalue weighted by molar-refractivity contribution is -0.131. The summed E-state index contributed by atoms with van der Waals surface area (Å²) in [5.74, 6) is 1.78. The van der Waals surface area contributed by atoms with E-state index in [2.05, 4.69) is 17.6 Å². The number of carbonyl (C=O) groups is 1. The van der Waals surface area contributed by atoms with E-state index < -0.39 is 0 Å². The first kappa shape index (κ1) is 9.97. The number of piperidine rings is 2. The fraction of sp³-hybridized carbons (Fsp3) is 0.909. The van der Waals surface area contributed by atoms with Crippen LogP contribution in [0.15, 0.2) is 0 Å². The quantitative estimate of drug-likeness (QED) is 0.650. The average molecular weight is 196 g/mol.